The summed E-state index contributed by atoms with van der Waals surface area (Å²) in [6.45, 7) is 0.975. The van der Waals surface area contributed by atoms with E-state index in [1.165, 1.54) is 0 Å². The average Bonchev–Trinajstić information content (AvgIpc) is 2.23. The molecule has 88 valence electrons. The van der Waals surface area contributed by atoms with Crippen LogP contribution in [-0.2, 0) is 9.59 Å². The van der Waals surface area contributed by atoms with Crippen molar-refractivity contribution in [3.63, 3.8) is 0 Å². The van der Waals surface area contributed by atoms with Gasteiger partial charge in [0.15, 0.2) is 12.1 Å². The first-order valence-corrected chi connectivity index (χ1v) is 4.19. The monoisotopic (exact) mass is 222 g/mol. The molecular weight excluding hydrogens is 208 g/mol. The van der Waals surface area contributed by atoms with E-state index in [4.69, 9.17) is 20.4 Å². The maximum Gasteiger partial charge on any atom is 0.160 e. The number of hydrogen-bond acceptors (Lipinski definition) is 7. The molecule has 7 heteroatoms. The van der Waals surface area contributed by atoms with E-state index in [0.717, 1.165) is 6.92 Å². The van der Waals surface area contributed by atoms with E-state index in [9.17, 15) is 14.7 Å². The Morgan fingerprint density at radius 3 is 1.80 bits per heavy atom. The molecule has 0 aromatic rings. The summed E-state index contributed by atoms with van der Waals surface area (Å²) in [5, 5.41) is 45.3. The Hall–Kier alpha value is -0.860. The van der Waals surface area contributed by atoms with Crippen LogP contribution in [-0.4, -0.2) is 68.1 Å². The highest BCUT2D eigenvalue weighted by Crippen LogP contribution is 2.08. The number of aldehydes is 1. The molecule has 7 nitrogen and oxygen atoms in total. The minimum atomic E-state index is -2.00. The standard InChI is InChI=1S/C8H14O7/c1-3(10)5(12)7(14)8(15)6(13)4(11)2-9/h2,4-8,11-15H,1H3/t4-,5?,6+,7+,8-/m0/s1. The van der Waals surface area contributed by atoms with E-state index in [1.54, 1.807) is 0 Å². The highest BCUT2D eigenvalue weighted by atomic mass is 16.4. The van der Waals surface area contributed by atoms with E-state index in [2.05, 4.69) is 0 Å². The van der Waals surface area contributed by atoms with Gasteiger partial charge in [0.25, 0.3) is 0 Å². The lowest BCUT2D eigenvalue weighted by atomic mass is 9.98. The minimum absolute atomic E-state index is 0.0409. The molecule has 0 fully saturated rings. The summed E-state index contributed by atoms with van der Waals surface area (Å²) in [6, 6.07) is 0. The van der Waals surface area contributed by atoms with Gasteiger partial charge in [0, 0.05) is 0 Å². The lowest BCUT2D eigenvalue weighted by molar-refractivity contribution is -0.153. The maximum absolute atomic E-state index is 10.6. The summed E-state index contributed by atoms with van der Waals surface area (Å²) >= 11 is 0. The van der Waals surface area contributed by atoms with Gasteiger partial charge < -0.3 is 30.3 Å². The van der Waals surface area contributed by atoms with Gasteiger partial charge in [0.1, 0.15) is 30.5 Å². The van der Waals surface area contributed by atoms with Gasteiger partial charge in [-0.1, -0.05) is 0 Å². The molecule has 15 heavy (non-hydrogen) atoms. The molecule has 0 rings (SSSR count). The third-order valence-electron chi connectivity index (χ3n) is 1.93. The van der Waals surface area contributed by atoms with Crippen molar-refractivity contribution in [2.24, 2.45) is 0 Å². The Labute approximate surface area is 85.6 Å². The van der Waals surface area contributed by atoms with E-state index in [0.29, 0.717) is 0 Å². The van der Waals surface area contributed by atoms with Crippen molar-refractivity contribution >= 4 is 12.1 Å². The van der Waals surface area contributed by atoms with Crippen molar-refractivity contribution in [2.45, 2.75) is 37.4 Å². The molecule has 0 spiro atoms. The molecule has 1 unspecified atom stereocenters. The Morgan fingerprint density at radius 2 is 1.47 bits per heavy atom. The molecule has 0 aliphatic rings. The summed E-state index contributed by atoms with van der Waals surface area (Å²) in [6.07, 6.45) is -9.74. The van der Waals surface area contributed by atoms with Crippen LogP contribution in [0.3, 0.4) is 0 Å². The Balaban J connectivity index is 4.49. The second-order valence-corrected chi connectivity index (χ2v) is 3.15. The van der Waals surface area contributed by atoms with Gasteiger partial charge >= 0.3 is 0 Å². The number of carbonyl (C=O) groups is 2. The quantitative estimate of drug-likeness (QED) is 0.295. The second-order valence-electron chi connectivity index (χ2n) is 3.15. The van der Waals surface area contributed by atoms with Crippen LogP contribution in [0.2, 0.25) is 0 Å². The SMILES string of the molecule is CC(=O)C(O)[C@@H](O)[C@@H](O)[C@H](O)[C@@H](O)C=O. The highest BCUT2D eigenvalue weighted by Gasteiger charge is 2.35. The third-order valence-corrected chi connectivity index (χ3v) is 1.93. The van der Waals surface area contributed by atoms with Crippen LogP contribution in [0.25, 0.3) is 0 Å². The number of aliphatic hydroxyl groups excluding tert-OH is 5. The first-order chi connectivity index (χ1) is 6.82. The topological polar surface area (TPSA) is 135 Å². The van der Waals surface area contributed by atoms with Crippen LogP contribution in [0.5, 0.6) is 0 Å². The van der Waals surface area contributed by atoms with Crippen LogP contribution in [0.4, 0.5) is 0 Å². The number of hydrogen-bond donors (Lipinski definition) is 5. The average molecular weight is 222 g/mol. The van der Waals surface area contributed by atoms with Crippen molar-refractivity contribution in [3.05, 3.63) is 0 Å². The van der Waals surface area contributed by atoms with E-state index < -0.39 is 36.3 Å². The number of carbonyl (C=O) groups excluding carboxylic acids is 2. The maximum atomic E-state index is 10.6. The predicted molar refractivity (Wildman–Crippen MR) is 46.8 cm³/mol. The Kier molecular flexibility index (Phi) is 5.55. The van der Waals surface area contributed by atoms with Crippen LogP contribution in [0, 0.1) is 0 Å². The summed E-state index contributed by atoms with van der Waals surface area (Å²) in [7, 11) is 0. The fourth-order valence-corrected chi connectivity index (χ4v) is 0.912. The van der Waals surface area contributed by atoms with Gasteiger partial charge in [-0.15, -0.1) is 0 Å². The summed E-state index contributed by atoms with van der Waals surface area (Å²) in [5.41, 5.74) is 0. The van der Waals surface area contributed by atoms with Gasteiger partial charge in [0.05, 0.1) is 0 Å². The molecule has 0 saturated carbocycles. The van der Waals surface area contributed by atoms with Crippen molar-refractivity contribution in [1.29, 1.82) is 0 Å². The van der Waals surface area contributed by atoms with Crippen LogP contribution >= 0.6 is 0 Å². The molecule has 5 N–H and O–H groups in total. The number of Topliss-reactive ketones (excluding diaryl/α,β-unsaturated/α-hetero) is 1. The van der Waals surface area contributed by atoms with E-state index >= 15 is 0 Å². The lowest BCUT2D eigenvalue weighted by Gasteiger charge is -2.26. The third kappa shape index (κ3) is 3.65. The molecule has 0 radical (unpaired) electrons. The Morgan fingerprint density at radius 1 is 1.00 bits per heavy atom. The summed E-state index contributed by atoms with van der Waals surface area (Å²) in [5.74, 6) is -0.811. The molecule has 0 amide bonds. The first-order valence-electron chi connectivity index (χ1n) is 4.19. The molecule has 0 aliphatic heterocycles. The normalized spacial score (nSPS) is 21.2. The molecule has 0 saturated heterocycles. The van der Waals surface area contributed by atoms with Crippen molar-refractivity contribution < 1.29 is 35.1 Å². The Bertz CT molecular complexity index is 229. The molecule has 0 aliphatic carbocycles. The number of ketones is 1. The van der Waals surface area contributed by atoms with Gasteiger partial charge in [-0.2, -0.15) is 0 Å². The molecule has 0 heterocycles. The van der Waals surface area contributed by atoms with E-state index in [1.807, 2.05) is 0 Å². The summed E-state index contributed by atoms with van der Waals surface area (Å²) in [4.78, 5) is 20.7. The van der Waals surface area contributed by atoms with Gasteiger partial charge in [-0.3, -0.25) is 4.79 Å². The van der Waals surface area contributed by atoms with E-state index in [-0.39, 0.29) is 6.29 Å². The first kappa shape index (κ1) is 14.1. The van der Waals surface area contributed by atoms with Crippen LogP contribution in [0.15, 0.2) is 0 Å². The van der Waals surface area contributed by atoms with Gasteiger partial charge in [-0.25, -0.2) is 0 Å². The van der Waals surface area contributed by atoms with Crippen molar-refractivity contribution in [3.8, 4) is 0 Å². The largest absolute Gasteiger partial charge is 0.387 e. The van der Waals surface area contributed by atoms with Gasteiger partial charge in [0.2, 0.25) is 0 Å². The fourth-order valence-electron chi connectivity index (χ4n) is 0.912. The van der Waals surface area contributed by atoms with Crippen LogP contribution in [0.1, 0.15) is 6.92 Å². The fraction of sp³-hybridized carbons (Fsp3) is 0.750. The van der Waals surface area contributed by atoms with Crippen molar-refractivity contribution in [1.82, 2.24) is 0 Å². The van der Waals surface area contributed by atoms with Gasteiger partial charge in [-0.05, 0) is 6.92 Å². The molecule has 0 aromatic heterocycles. The zero-order chi connectivity index (χ0) is 12.2. The molecule has 0 aromatic carbocycles. The zero-order valence-electron chi connectivity index (χ0n) is 8.02. The second kappa shape index (κ2) is 5.89. The predicted octanol–water partition coefficient (Wildman–Crippen LogP) is -3.42. The van der Waals surface area contributed by atoms with Crippen molar-refractivity contribution in [2.75, 3.05) is 0 Å². The van der Waals surface area contributed by atoms with Crippen LogP contribution < -0.4 is 0 Å². The highest BCUT2D eigenvalue weighted by molar-refractivity contribution is 5.80. The minimum Gasteiger partial charge on any atom is -0.387 e. The number of aliphatic hydroxyl groups is 5. The zero-order valence-corrected chi connectivity index (χ0v) is 8.02. The molecule has 5 atom stereocenters. The molecule has 0 bridgehead atoms. The lowest BCUT2D eigenvalue weighted by Crippen LogP contribution is -2.51. The summed E-state index contributed by atoms with van der Waals surface area (Å²) < 4.78 is 0. The number of rotatable bonds is 6. The molecular formula is C8H14O7. The smallest absolute Gasteiger partial charge is 0.160 e.